The molecule has 1 saturated heterocycles. The minimum Gasteiger partial charge on any atom is -0.504 e. The lowest BCUT2D eigenvalue weighted by atomic mass is 9.95. The molecule has 0 aromatic heterocycles. The predicted octanol–water partition coefficient (Wildman–Crippen LogP) is 4.02. The second-order valence-electron chi connectivity index (χ2n) is 6.40. The molecular weight excluding hydrogens is 347 g/mol. The lowest BCUT2D eigenvalue weighted by Gasteiger charge is -2.36. The largest absolute Gasteiger partial charge is 0.504 e. The van der Waals surface area contributed by atoms with Gasteiger partial charge in [0.1, 0.15) is 0 Å². The van der Waals surface area contributed by atoms with Gasteiger partial charge in [0, 0.05) is 37.8 Å². The van der Waals surface area contributed by atoms with E-state index in [1.54, 1.807) is 0 Å². The molecule has 1 aliphatic rings. The van der Waals surface area contributed by atoms with E-state index in [1.165, 1.54) is 0 Å². The average molecular weight is 379 g/mol. The molecule has 1 atom stereocenters. The van der Waals surface area contributed by atoms with Crippen LogP contribution < -0.4 is 10.1 Å². The highest BCUT2D eigenvalue weighted by Crippen LogP contribution is 2.38. The molecule has 0 saturated carbocycles. The minimum atomic E-state index is 0. The SMILES string of the molecule is CCOc1cccc([C@H](CCC(C)C)N2CCNCC2)c1O.Cl.Cl. The van der Waals surface area contributed by atoms with Crippen molar-refractivity contribution < 1.29 is 9.84 Å². The number of rotatable bonds is 7. The van der Waals surface area contributed by atoms with Crippen molar-refractivity contribution in [1.29, 1.82) is 0 Å². The third kappa shape index (κ3) is 6.32. The first-order valence-corrected chi connectivity index (χ1v) is 8.53. The van der Waals surface area contributed by atoms with E-state index in [4.69, 9.17) is 4.74 Å². The lowest BCUT2D eigenvalue weighted by molar-refractivity contribution is 0.156. The summed E-state index contributed by atoms with van der Waals surface area (Å²) in [4.78, 5) is 2.49. The van der Waals surface area contributed by atoms with E-state index >= 15 is 0 Å². The smallest absolute Gasteiger partial charge is 0.162 e. The molecular formula is C18H32Cl2N2O2. The maximum atomic E-state index is 10.6. The molecule has 0 bridgehead atoms. The molecule has 1 aliphatic heterocycles. The molecule has 1 aromatic carbocycles. The monoisotopic (exact) mass is 378 g/mol. The molecule has 0 radical (unpaired) electrons. The van der Waals surface area contributed by atoms with E-state index in [-0.39, 0.29) is 30.9 Å². The number of aromatic hydroxyl groups is 1. The standard InChI is InChI=1S/C18H30N2O2.2ClH/c1-4-22-17-7-5-6-15(18(17)21)16(9-8-14(2)3)20-12-10-19-11-13-20;;/h5-7,14,16,19,21H,4,8-13H2,1-3H3;2*1H/t16-;;/m0../s1. The van der Waals surface area contributed by atoms with E-state index < -0.39 is 0 Å². The second kappa shape index (κ2) is 11.8. The Labute approximate surface area is 158 Å². The Morgan fingerprint density at radius 1 is 1.17 bits per heavy atom. The van der Waals surface area contributed by atoms with Crippen LogP contribution in [-0.2, 0) is 0 Å². The van der Waals surface area contributed by atoms with Gasteiger partial charge in [0.2, 0.25) is 0 Å². The summed E-state index contributed by atoms with van der Waals surface area (Å²) in [7, 11) is 0. The third-order valence-electron chi connectivity index (χ3n) is 4.30. The van der Waals surface area contributed by atoms with Gasteiger partial charge in [0.05, 0.1) is 6.61 Å². The Hall–Kier alpha value is -0.680. The Morgan fingerprint density at radius 2 is 1.83 bits per heavy atom. The average Bonchev–Trinajstić information content (AvgIpc) is 2.52. The number of halogens is 2. The summed E-state index contributed by atoms with van der Waals surface area (Å²) in [5.74, 6) is 1.59. The third-order valence-corrected chi connectivity index (χ3v) is 4.30. The van der Waals surface area contributed by atoms with Gasteiger partial charge in [0.15, 0.2) is 11.5 Å². The molecule has 4 nitrogen and oxygen atoms in total. The van der Waals surface area contributed by atoms with Crippen molar-refractivity contribution in [3.63, 3.8) is 0 Å². The highest BCUT2D eigenvalue weighted by Gasteiger charge is 2.25. The maximum absolute atomic E-state index is 10.6. The Bertz CT molecular complexity index is 466. The first-order valence-electron chi connectivity index (χ1n) is 8.53. The van der Waals surface area contributed by atoms with Gasteiger partial charge in [-0.15, -0.1) is 24.8 Å². The zero-order valence-electron chi connectivity index (χ0n) is 15.0. The van der Waals surface area contributed by atoms with E-state index in [0.717, 1.165) is 44.6 Å². The van der Waals surface area contributed by atoms with Crippen LogP contribution in [0.15, 0.2) is 18.2 Å². The zero-order chi connectivity index (χ0) is 15.9. The van der Waals surface area contributed by atoms with Crippen LogP contribution >= 0.6 is 24.8 Å². The van der Waals surface area contributed by atoms with E-state index in [1.807, 2.05) is 25.1 Å². The van der Waals surface area contributed by atoms with Gasteiger partial charge in [-0.3, -0.25) is 4.90 Å². The Balaban J connectivity index is 0.00000264. The highest BCUT2D eigenvalue weighted by molar-refractivity contribution is 5.85. The van der Waals surface area contributed by atoms with Gasteiger partial charge in [-0.2, -0.15) is 0 Å². The van der Waals surface area contributed by atoms with Crippen molar-refractivity contribution in [2.24, 2.45) is 5.92 Å². The zero-order valence-corrected chi connectivity index (χ0v) is 16.6. The Morgan fingerprint density at radius 3 is 2.42 bits per heavy atom. The van der Waals surface area contributed by atoms with Crippen LogP contribution in [0.5, 0.6) is 11.5 Å². The van der Waals surface area contributed by atoms with Crippen molar-refractivity contribution in [3.05, 3.63) is 23.8 Å². The molecule has 2 N–H and O–H groups in total. The number of piperazine rings is 1. The van der Waals surface area contributed by atoms with E-state index in [2.05, 4.69) is 24.1 Å². The molecule has 140 valence electrons. The fraction of sp³-hybridized carbons (Fsp3) is 0.667. The Kier molecular flexibility index (Phi) is 11.5. The van der Waals surface area contributed by atoms with E-state index in [9.17, 15) is 5.11 Å². The molecule has 0 amide bonds. The number of ether oxygens (including phenoxy) is 1. The topological polar surface area (TPSA) is 44.7 Å². The number of hydrogen-bond donors (Lipinski definition) is 2. The molecule has 1 aromatic rings. The van der Waals surface area contributed by atoms with Crippen LogP contribution in [0.1, 0.15) is 45.2 Å². The quantitative estimate of drug-likeness (QED) is 0.751. The van der Waals surface area contributed by atoms with Crippen molar-refractivity contribution in [1.82, 2.24) is 10.2 Å². The first-order chi connectivity index (χ1) is 10.6. The number of nitrogens with one attached hydrogen (secondary N) is 1. The van der Waals surface area contributed by atoms with Crippen LogP contribution in [0.3, 0.4) is 0 Å². The van der Waals surface area contributed by atoms with Gasteiger partial charge in [-0.25, -0.2) is 0 Å². The summed E-state index contributed by atoms with van der Waals surface area (Å²) >= 11 is 0. The lowest BCUT2D eigenvalue weighted by Crippen LogP contribution is -2.45. The van der Waals surface area contributed by atoms with Crippen LogP contribution in [0.2, 0.25) is 0 Å². The normalized spacial score (nSPS) is 16.2. The number of phenolic OH excluding ortho intramolecular Hbond substituents is 1. The van der Waals surface area contributed by atoms with Crippen molar-refractivity contribution in [3.8, 4) is 11.5 Å². The molecule has 2 rings (SSSR count). The first kappa shape index (κ1) is 23.3. The summed E-state index contributed by atoms with van der Waals surface area (Å²) in [6.45, 7) is 11.1. The molecule has 0 spiro atoms. The van der Waals surface area contributed by atoms with E-state index in [0.29, 0.717) is 24.0 Å². The van der Waals surface area contributed by atoms with Gasteiger partial charge in [-0.1, -0.05) is 26.0 Å². The molecule has 24 heavy (non-hydrogen) atoms. The molecule has 0 unspecified atom stereocenters. The van der Waals surface area contributed by atoms with Crippen LogP contribution in [0.4, 0.5) is 0 Å². The summed E-state index contributed by atoms with van der Waals surface area (Å²) in [5, 5.41) is 14.0. The molecule has 0 aliphatic carbocycles. The summed E-state index contributed by atoms with van der Waals surface area (Å²) in [6, 6.07) is 6.15. The highest BCUT2D eigenvalue weighted by atomic mass is 35.5. The summed E-state index contributed by atoms with van der Waals surface area (Å²) in [5.41, 5.74) is 1.01. The van der Waals surface area contributed by atoms with Crippen molar-refractivity contribution in [2.45, 2.75) is 39.7 Å². The van der Waals surface area contributed by atoms with Gasteiger partial charge in [0.25, 0.3) is 0 Å². The van der Waals surface area contributed by atoms with Crippen LogP contribution in [-0.4, -0.2) is 42.8 Å². The number of nitrogens with zero attached hydrogens (tertiary/aromatic N) is 1. The van der Waals surface area contributed by atoms with Crippen molar-refractivity contribution in [2.75, 3.05) is 32.8 Å². The fourth-order valence-electron chi connectivity index (χ4n) is 3.10. The van der Waals surface area contributed by atoms with Crippen LogP contribution in [0.25, 0.3) is 0 Å². The fourth-order valence-corrected chi connectivity index (χ4v) is 3.10. The van der Waals surface area contributed by atoms with Crippen LogP contribution in [0, 0.1) is 5.92 Å². The second-order valence-corrected chi connectivity index (χ2v) is 6.40. The van der Waals surface area contributed by atoms with Crippen molar-refractivity contribution >= 4 is 24.8 Å². The number of phenols is 1. The number of hydrogen-bond acceptors (Lipinski definition) is 4. The number of para-hydroxylation sites is 1. The van der Waals surface area contributed by atoms with Gasteiger partial charge >= 0.3 is 0 Å². The van der Waals surface area contributed by atoms with Gasteiger partial charge in [-0.05, 0) is 31.7 Å². The number of benzene rings is 1. The minimum absolute atomic E-state index is 0. The summed E-state index contributed by atoms with van der Waals surface area (Å²) < 4.78 is 5.56. The molecule has 1 fully saturated rings. The maximum Gasteiger partial charge on any atom is 0.162 e. The predicted molar refractivity (Wildman–Crippen MR) is 105 cm³/mol. The van der Waals surface area contributed by atoms with Gasteiger partial charge < -0.3 is 15.2 Å². The molecule has 1 heterocycles. The summed E-state index contributed by atoms with van der Waals surface area (Å²) in [6.07, 6.45) is 2.23. The molecule has 6 heteroatoms.